The number of anilines is 1. The number of hydrogen-bond donors (Lipinski definition) is 1. The lowest BCUT2D eigenvalue weighted by molar-refractivity contribution is 0.530. The van der Waals surface area contributed by atoms with Gasteiger partial charge in [-0.3, -0.25) is 0 Å². The zero-order valence-electron chi connectivity index (χ0n) is 7.94. The zero-order chi connectivity index (χ0) is 10.7. The highest BCUT2D eigenvalue weighted by Crippen LogP contribution is 2.29. The number of nitrogens with two attached hydrogens (primary N) is 1. The Kier molecular flexibility index (Phi) is 2.97. The van der Waals surface area contributed by atoms with Crippen LogP contribution >= 0.6 is 11.8 Å². The molecule has 0 aliphatic heterocycles. The van der Waals surface area contributed by atoms with Gasteiger partial charge in [0.2, 0.25) is 0 Å². The van der Waals surface area contributed by atoms with Crippen molar-refractivity contribution in [3.05, 3.63) is 48.2 Å². The summed E-state index contributed by atoms with van der Waals surface area (Å²) in [5.74, 6) is 1.13. The summed E-state index contributed by atoms with van der Waals surface area (Å²) in [5, 5.41) is 0. The van der Waals surface area contributed by atoms with Gasteiger partial charge in [-0.15, -0.1) is 11.8 Å². The van der Waals surface area contributed by atoms with Crippen LogP contribution in [0.1, 0.15) is 5.76 Å². The van der Waals surface area contributed by atoms with Crippen molar-refractivity contribution in [3.8, 4) is 0 Å². The minimum atomic E-state index is -0.376. The molecule has 0 radical (unpaired) electrons. The summed E-state index contributed by atoms with van der Waals surface area (Å²) < 4.78 is 18.3. The van der Waals surface area contributed by atoms with Crippen LogP contribution in [0.4, 0.5) is 10.1 Å². The quantitative estimate of drug-likeness (QED) is 0.641. The van der Waals surface area contributed by atoms with E-state index in [-0.39, 0.29) is 11.5 Å². The molecule has 15 heavy (non-hydrogen) atoms. The summed E-state index contributed by atoms with van der Waals surface area (Å²) in [4.78, 5) is 0.742. The van der Waals surface area contributed by atoms with Crippen LogP contribution in [0.15, 0.2) is 45.9 Å². The largest absolute Gasteiger partial charge is 0.468 e. The van der Waals surface area contributed by atoms with Crippen molar-refractivity contribution in [3.63, 3.8) is 0 Å². The van der Waals surface area contributed by atoms with Gasteiger partial charge in [0.05, 0.1) is 17.7 Å². The predicted octanol–water partition coefficient (Wildman–Crippen LogP) is 3.29. The number of benzene rings is 1. The summed E-state index contributed by atoms with van der Waals surface area (Å²) in [6, 6.07) is 8.50. The third-order valence-corrected chi connectivity index (χ3v) is 3.06. The molecule has 0 spiro atoms. The van der Waals surface area contributed by atoms with Crippen molar-refractivity contribution in [1.82, 2.24) is 0 Å². The highest BCUT2D eigenvalue weighted by atomic mass is 32.2. The van der Waals surface area contributed by atoms with Gasteiger partial charge >= 0.3 is 0 Å². The molecule has 1 heterocycles. The molecule has 0 fully saturated rings. The average Bonchev–Trinajstić information content (AvgIpc) is 2.73. The van der Waals surface area contributed by atoms with Crippen LogP contribution < -0.4 is 5.73 Å². The summed E-state index contributed by atoms with van der Waals surface area (Å²) >= 11 is 1.46. The molecule has 2 aromatic rings. The third-order valence-electron chi connectivity index (χ3n) is 1.96. The summed E-state index contributed by atoms with van der Waals surface area (Å²) in [6.45, 7) is 0. The van der Waals surface area contributed by atoms with E-state index in [1.54, 1.807) is 18.4 Å². The van der Waals surface area contributed by atoms with Crippen molar-refractivity contribution in [1.29, 1.82) is 0 Å². The molecular formula is C11H10FNOS. The Bertz CT molecular complexity index is 442. The molecule has 0 amide bonds. The van der Waals surface area contributed by atoms with Crippen molar-refractivity contribution in [2.75, 3.05) is 5.73 Å². The van der Waals surface area contributed by atoms with Crippen LogP contribution in [0.25, 0.3) is 0 Å². The second-order valence-corrected chi connectivity index (χ2v) is 4.04. The predicted molar refractivity (Wildman–Crippen MR) is 59.1 cm³/mol. The summed E-state index contributed by atoms with van der Waals surface area (Å²) in [7, 11) is 0. The summed E-state index contributed by atoms with van der Waals surface area (Å²) in [6.07, 6.45) is 1.62. The number of rotatable bonds is 3. The first-order valence-electron chi connectivity index (χ1n) is 4.46. The number of nitrogen functional groups attached to an aromatic ring is 1. The molecule has 0 unspecified atom stereocenters. The van der Waals surface area contributed by atoms with E-state index in [0.717, 1.165) is 10.7 Å². The molecule has 0 aliphatic carbocycles. The SMILES string of the molecule is Nc1c(F)cccc1SCc1ccco1. The van der Waals surface area contributed by atoms with Gasteiger partial charge in [0, 0.05) is 4.90 Å². The van der Waals surface area contributed by atoms with E-state index in [1.165, 1.54) is 17.8 Å². The normalized spacial score (nSPS) is 10.5. The average molecular weight is 223 g/mol. The van der Waals surface area contributed by atoms with E-state index in [2.05, 4.69) is 0 Å². The van der Waals surface area contributed by atoms with Crippen molar-refractivity contribution < 1.29 is 8.81 Å². The Morgan fingerprint density at radius 3 is 2.87 bits per heavy atom. The van der Waals surface area contributed by atoms with E-state index in [0.29, 0.717) is 5.75 Å². The van der Waals surface area contributed by atoms with E-state index in [4.69, 9.17) is 10.2 Å². The number of halogens is 1. The number of thioether (sulfide) groups is 1. The first-order chi connectivity index (χ1) is 7.27. The van der Waals surface area contributed by atoms with Crippen LogP contribution in [0.5, 0.6) is 0 Å². The third kappa shape index (κ3) is 2.33. The van der Waals surface area contributed by atoms with E-state index < -0.39 is 0 Å². The molecule has 78 valence electrons. The number of furan rings is 1. The van der Waals surface area contributed by atoms with Gasteiger partial charge in [-0.1, -0.05) is 6.07 Å². The Hall–Kier alpha value is -1.42. The van der Waals surface area contributed by atoms with Gasteiger partial charge in [-0.05, 0) is 24.3 Å². The first kappa shape index (κ1) is 10.1. The Morgan fingerprint density at radius 2 is 2.13 bits per heavy atom. The fourth-order valence-corrected chi connectivity index (χ4v) is 2.08. The molecular weight excluding hydrogens is 213 g/mol. The second kappa shape index (κ2) is 4.40. The van der Waals surface area contributed by atoms with Crippen molar-refractivity contribution >= 4 is 17.4 Å². The van der Waals surface area contributed by atoms with Crippen LogP contribution in [0, 0.1) is 5.82 Å². The minimum Gasteiger partial charge on any atom is -0.468 e. The van der Waals surface area contributed by atoms with Gasteiger partial charge in [0.15, 0.2) is 0 Å². The lowest BCUT2D eigenvalue weighted by Gasteiger charge is -2.04. The lowest BCUT2D eigenvalue weighted by Crippen LogP contribution is -1.92. The van der Waals surface area contributed by atoms with E-state index in [9.17, 15) is 4.39 Å². The molecule has 0 bridgehead atoms. The fourth-order valence-electron chi connectivity index (χ4n) is 1.19. The van der Waals surface area contributed by atoms with Crippen LogP contribution in [-0.4, -0.2) is 0 Å². The van der Waals surface area contributed by atoms with E-state index in [1.807, 2.05) is 12.1 Å². The molecule has 1 aromatic heterocycles. The van der Waals surface area contributed by atoms with Crippen LogP contribution in [0.2, 0.25) is 0 Å². The zero-order valence-corrected chi connectivity index (χ0v) is 8.76. The Balaban J connectivity index is 2.08. The van der Waals surface area contributed by atoms with Gasteiger partial charge in [0.25, 0.3) is 0 Å². The topological polar surface area (TPSA) is 39.2 Å². The molecule has 2 rings (SSSR count). The minimum absolute atomic E-state index is 0.203. The van der Waals surface area contributed by atoms with Gasteiger partial charge < -0.3 is 10.2 Å². The molecule has 2 nitrogen and oxygen atoms in total. The lowest BCUT2D eigenvalue weighted by atomic mass is 10.3. The molecule has 2 N–H and O–H groups in total. The molecule has 0 aliphatic rings. The standard InChI is InChI=1S/C11H10FNOS/c12-9-4-1-5-10(11(9)13)15-7-8-3-2-6-14-8/h1-6H,7,13H2. The Labute approximate surface area is 91.3 Å². The molecule has 0 saturated carbocycles. The number of hydrogen-bond acceptors (Lipinski definition) is 3. The fraction of sp³-hybridized carbons (Fsp3) is 0.0909. The van der Waals surface area contributed by atoms with Gasteiger partial charge in [-0.2, -0.15) is 0 Å². The van der Waals surface area contributed by atoms with Crippen LogP contribution in [-0.2, 0) is 5.75 Å². The van der Waals surface area contributed by atoms with E-state index >= 15 is 0 Å². The highest BCUT2D eigenvalue weighted by Gasteiger charge is 2.05. The Morgan fingerprint density at radius 1 is 1.27 bits per heavy atom. The number of para-hydroxylation sites is 1. The van der Waals surface area contributed by atoms with Gasteiger partial charge in [0.1, 0.15) is 11.6 Å². The van der Waals surface area contributed by atoms with Gasteiger partial charge in [-0.25, -0.2) is 4.39 Å². The second-order valence-electron chi connectivity index (χ2n) is 3.02. The smallest absolute Gasteiger partial charge is 0.147 e. The maximum atomic E-state index is 13.1. The maximum absolute atomic E-state index is 13.1. The molecule has 1 aromatic carbocycles. The van der Waals surface area contributed by atoms with Crippen molar-refractivity contribution in [2.24, 2.45) is 0 Å². The molecule has 0 saturated heterocycles. The van der Waals surface area contributed by atoms with Crippen molar-refractivity contribution in [2.45, 2.75) is 10.6 Å². The molecule has 4 heteroatoms. The monoisotopic (exact) mass is 223 g/mol. The highest BCUT2D eigenvalue weighted by molar-refractivity contribution is 7.98. The molecule has 0 atom stereocenters. The maximum Gasteiger partial charge on any atom is 0.147 e. The summed E-state index contributed by atoms with van der Waals surface area (Å²) in [5.41, 5.74) is 5.80. The first-order valence-corrected chi connectivity index (χ1v) is 5.45. The van der Waals surface area contributed by atoms with Crippen LogP contribution in [0.3, 0.4) is 0 Å².